The minimum Gasteiger partial charge on any atom is -0.466 e. The lowest BCUT2D eigenvalue weighted by Gasteiger charge is -2.48. The summed E-state index contributed by atoms with van der Waals surface area (Å²) in [6.45, 7) is 11.2. The van der Waals surface area contributed by atoms with Gasteiger partial charge in [-0.1, -0.05) is 26.0 Å². The lowest BCUT2D eigenvalue weighted by atomic mass is 9.59. The fourth-order valence-corrected chi connectivity index (χ4v) is 4.41. The van der Waals surface area contributed by atoms with Gasteiger partial charge in [-0.25, -0.2) is 4.79 Å². The van der Waals surface area contributed by atoms with E-state index in [1.54, 1.807) is 6.92 Å². The molecule has 1 saturated carbocycles. The molecule has 2 aliphatic carbocycles. The van der Waals surface area contributed by atoms with Crippen molar-refractivity contribution in [2.45, 2.75) is 72.0 Å². The summed E-state index contributed by atoms with van der Waals surface area (Å²) in [6, 6.07) is 0. The van der Waals surface area contributed by atoms with Crippen LogP contribution in [0.15, 0.2) is 23.3 Å². The van der Waals surface area contributed by atoms with E-state index < -0.39 is 12.1 Å². The summed E-state index contributed by atoms with van der Waals surface area (Å²) in [4.78, 5) is 35.4. The van der Waals surface area contributed by atoms with E-state index in [9.17, 15) is 14.4 Å². The number of carbonyl (C=O) groups excluding carboxylic acids is 3. The maximum absolute atomic E-state index is 12.1. The van der Waals surface area contributed by atoms with Crippen LogP contribution in [0.3, 0.4) is 0 Å². The van der Waals surface area contributed by atoms with Gasteiger partial charge in [-0.15, -0.1) is 0 Å². The van der Waals surface area contributed by atoms with E-state index in [1.165, 1.54) is 19.6 Å². The van der Waals surface area contributed by atoms with Gasteiger partial charge in [0.2, 0.25) is 0 Å². The third-order valence-corrected chi connectivity index (χ3v) is 5.95. The van der Waals surface area contributed by atoms with Crippen LogP contribution in [0.2, 0.25) is 0 Å². The lowest BCUT2D eigenvalue weighted by Crippen LogP contribution is -2.45. The van der Waals surface area contributed by atoms with E-state index in [4.69, 9.17) is 14.2 Å². The maximum Gasteiger partial charge on any atom is 0.333 e. The molecule has 0 heterocycles. The van der Waals surface area contributed by atoms with Gasteiger partial charge >= 0.3 is 17.9 Å². The van der Waals surface area contributed by atoms with Gasteiger partial charge in [0.1, 0.15) is 12.2 Å². The Hall–Kier alpha value is -2.11. The van der Waals surface area contributed by atoms with Crippen molar-refractivity contribution < 1.29 is 28.6 Å². The number of rotatable bonds is 5. The van der Waals surface area contributed by atoms with Crippen molar-refractivity contribution in [1.29, 1.82) is 0 Å². The average molecular weight is 378 g/mol. The molecule has 2 aliphatic rings. The highest BCUT2D eigenvalue weighted by atomic mass is 16.5. The first-order valence-electron chi connectivity index (χ1n) is 9.46. The minimum atomic E-state index is -0.497. The average Bonchev–Trinajstić information content (AvgIpc) is 2.62. The van der Waals surface area contributed by atoms with Crippen molar-refractivity contribution >= 4 is 17.9 Å². The van der Waals surface area contributed by atoms with Crippen molar-refractivity contribution in [3.8, 4) is 0 Å². The van der Waals surface area contributed by atoms with E-state index >= 15 is 0 Å². The third-order valence-electron chi connectivity index (χ3n) is 5.95. The number of hydrogen-bond donors (Lipinski definition) is 0. The van der Waals surface area contributed by atoms with E-state index in [1.807, 2.05) is 6.92 Å². The van der Waals surface area contributed by atoms with Crippen LogP contribution in [0, 0.1) is 11.3 Å². The molecule has 0 aromatic heterocycles. The molecular weight excluding hydrogens is 348 g/mol. The summed E-state index contributed by atoms with van der Waals surface area (Å²) in [7, 11) is 1.31. The molecular formula is C21H30O6. The Morgan fingerprint density at radius 3 is 2.48 bits per heavy atom. The maximum atomic E-state index is 12.1. The van der Waals surface area contributed by atoms with Crippen LogP contribution < -0.4 is 0 Å². The van der Waals surface area contributed by atoms with Gasteiger partial charge < -0.3 is 14.2 Å². The van der Waals surface area contributed by atoms with E-state index in [0.717, 1.165) is 18.4 Å². The summed E-state index contributed by atoms with van der Waals surface area (Å²) in [5, 5.41) is 0. The minimum absolute atomic E-state index is 0.160. The predicted molar refractivity (Wildman–Crippen MR) is 99.6 cm³/mol. The molecule has 0 amide bonds. The van der Waals surface area contributed by atoms with Gasteiger partial charge in [-0.05, 0) is 43.6 Å². The second-order valence-electron chi connectivity index (χ2n) is 7.77. The van der Waals surface area contributed by atoms with E-state index in [2.05, 4.69) is 13.5 Å². The highest BCUT2D eigenvalue weighted by Crippen LogP contribution is 2.53. The molecule has 6 nitrogen and oxygen atoms in total. The van der Waals surface area contributed by atoms with Gasteiger partial charge in [0.15, 0.2) is 0 Å². The Labute approximate surface area is 160 Å². The summed E-state index contributed by atoms with van der Waals surface area (Å²) < 4.78 is 16.0. The first kappa shape index (κ1) is 21.2. The molecule has 0 aliphatic heterocycles. The zero-order chi connectivity index (χ0) is 20.4. The van der Waals surface area contributed by atoms with Gasteiger partial charge in [-0.2, -0.15) is 0 Å². The van der Waals surface area contributed by atoms with Crippen molar-refractivity contribution in [2.24, 2.45) is 11.3 Å². The standard InChI is InChI=1S/C21H30O6/c1-7-19(23)27-17-8-9-21(5)11-18(26-14(4)22)15(10-16(21)13(17)3)12(2)20(24)25-6/h15,17-18H,2,7-11H2,1,3-6H3. The molecule has 0 N–H and O–H groups in total. The molecule has 150 valence electrons. The van der Waals surface area contributed by atoms with Crippen molar-refractivity contribution in [3.05, 3.63) is 23.3 Å². The van der Waals surface area contributed by atoms with Crippen molar-refractivity contribution in [2.75, 3.05) is 7.11 Å². The predicted octanol–water partition coefficient (Wildman–Crippen LogP) is 3.50. The molecule has 4 unspecified atom stereocenters. The Morgan fingerprint density at radius 2 is 1.93 bits per heavy atom. The summed E-state index contributed by atoms with van der Waals surface area (Å²) >= 11 is 0. The quantitative estimate of drug-likeness (QED) is 0.315. The van der Waals surface area contributed by atoms with Crippen LogP contribution in [0.1, 0.15) is 59.8 Å². The van der Waals surface area contributed by atoms with Crippen LogP contribution in [-0.4, -0.2) is 37.2 Å². The number of carbonyl (C=O) groups is 3. The zero-order valence-corrected chi connectivity index (χ0v) is 16.9. The SMILES string of the molecule is C=C(C(=O)OC)C1CC2=C(C)C(OC(=O)CC)CCC2(C)CC1OC(C)=O. The van der Waals surface area contributed by atoms with Crippen LogP contribution in [0.4, 0.5) is 0 Å². The van der Waals surface area contributed by atoms with Gasteiger partial charge in [0.05, 0.1) is 7.11 Å². The molecule has 0 aromatic carbocycles. The van der Waals surface area contributed by atoms with Crippen LogP contribution in [-0.2, 0) is 28.6 Å². The topological polar surface area (TPSA) is 78.9 Å². The fraction of sp³-hybridized carbons (Fsp3) is 0.667. The monoisotopic (exact) mass is 378 g/mol. The highest BCUT2D eigenvalue weighted by molar-refractivity contribution is 5.88. The molecule has 6 heteroatoms. The smallest absolute Gasteiger partial charge is 0.333 e. The Balaban J connectivity index is 2.38. The van der Waals surface area contributed by atoms with Gasteiger partial charge in [0, 0.05) is 24.8 Å². The number of esters is 3. The highest BCUT2D eigenvalue weighted by Gasteiger charge is 2.48. The molecule has 4 atom stereocenters. The van der Waals surface area contributed by atoms with Crippen molar-refractivity contribution in [1.82, 2.24) is 0 Å². The lowest BCUT2D eigenvalue weighted by molar-refractivity contribution is -0.154. The Morgan fingerprint density at radius 1 is 1.26 bits per heavy atom. The molecule has 0 saturated heterocycles. The molecule has 0 bridgehead atoms. The summed E-state index contributed by atoms with van der Waals surface area (Å²) in [5.74, 6) is -1.43. The fourth-order valence-electron chi connectivity index (χ4n) is 4.41. The normalized spacial score (nSPS) is 30.2. The Kier molecular flexibility index (Phi) is 6.50. The number of hydrogen-bond acceptors (Lipinski definition) is 6. The first-order chi connectivity index (χ1) is 12.6. The van der Waals surface area contributed by atoms with Gasteiger partial charge in [-0.3, -0.25) is 9.59 Å². The Bertz CT molecular complexity index is 676. The van der Waals surface area contributed by atoms with Crippen LogP contribution >= 0.6 is 0 Å². The third kappa shape index (κ3) is 4.42. The number of methoxy groups -OCH3 is 1. The molecule has 1 fully saturated rings. The molecule has 0 aromatic rings. The van der Waals surface area contributed by atoms with Crippen molar-refractivity contribution in [3.63, 3.8) is 0 Å². The van der Waals surface area contributed by atoms with Crippen LogP contribution in [0.5, 0.6) is 0 Å². The molecule has 2 rings (SSSR count). The molecule has 0 radical (unpaired) electrons. The van der Waals surface area contributed by atoms with Gasteiger partial charge in [0.25, 0.3) is 0 Å². The molecule has 27 heavy (non-hydrogen) atoms. The summed E-state index contributed by atoms with van der Waals surface area (Å²) in [5.41, 5.74) is 2.35. The number of fused-ring (bicyclic) bond motifs is 1. The number of ether oxygens (including phenoxy) is 3. The molecule has 0 spiro atoms. The summed E-state index contributed by atoms with van der Waals surface area (Å²) in [6.07, 6.45) is 2.39. The van der Waals surface area contributed by atoms with E-state index in [0.29, 0.717) is 24.8 Å². The number of allylic oxidation sites excluding steroid dienone is 1. The largest absolute Gasteiger partial charge is 0.466 e. The zero-order valence-electron chi connectivity index (χ0n) is 16.9. The second kappa shape index (κ2) is 8.28. The second-order valence-corrected chi connectivity index (χ2v) is 7.77. The van der Waals surface area contributed by atoms with Crippen LogP contribution in [0.25, 0.3) is 0 Å². The van der Waals surface area contributed by atoms with E-state index in [-0.39, 0.29) is 29.4 Å². The first-order valence-corrected chi connectivity index (χ1v) is 9.46.